The number of amides is 1. The summed E-state index contributed by atoms with van der Waals surface area (Å²) in [5.74, 6) is -0.158. The molecule has 2 heterocycles. The zero-order valence-electron chi connectivity index (χ0n) is 13.5. The van der Waals surface area contributed by atoms with E-state index in [2.05, 4.69) is 22.4 Å². The van der Waals surface area contributed by atoms with Gasteiger partial charge >= 0.3 is 5.97 Å². The Kier molecular flexibility index (Phi) is 4.83. The molecule has 1 aliphatic heterocycles. The molecular formula is C16H19N5O3. The minimum atomic E-state index is -0.517. The molecule has 1 atom stereocenters. The van der Waals surface area contributed by atoms with Crippen LogP contribution in [-0.2, 0) is 9.53 Å². The van der Waals surface area contributed by atoms with Crippen LogP contribution in [0.5, 0.6) is 0 Å². The Hall–Kier alpha value is -2.77. The highest BCUT2D eigenvalue weighted by Gasteiger charge is 2.22. The van der Waals surface area contributed by atoms with E-state index in [1.165, 1.54) is 11.0 Å². The zero-order chi connectivity index (χ0) is 16.9. The van der Waals surface area contributed by atoms with E-state index < -0.39 is 5.97 Å². The Morgan fingerprint density at radius 3 is 2.75 bits per heavy atom. The maximum atomic E-state index is 12.1. The van der Waals surface area contributed by atoms with Crippen molar-refractivity contribution in [3.05, 3.63) is 36.2 Å². The number of nitrogens with zero attached hydrogens (tertiary/aromatic N) is 5. The average molecular weight is 329 g/mol. The van der Waals surface area contributed by atoms with Crippen molar-refractivity contribution >= 4 is 11.9 Å². The van der Waals surface area contributed by atoms with E-state index in [-0.39, 0.29) is 12.5 Å². The first-order valence-electron chi connectivity index (χ1n) is 7.92. The molecule has 1 amide bonds. The number of benzene rings is 1. The first kappa shape index (κ1) is 16.1. The minimum absolute atomic E-state index is 0.139. The van der Waals surface area contributed by atoms with Crippen LogP contribution in [0, 0.1) is 5.92 Å². The van der Waals surface area contributed by atoms with Crippen molar-refractivity contribution in [2.45, 2.75) is 19.8 Å². The van der Waals surface area contributed by atoms with E-state index in [0.717, 1.165) is 31.6 Å². The van der Waals surface area contributed by atoms with Crippen LogP contribution in [-0.4, -0.2) is 56.7 Å². The fourth-order valence-electron chi connectivity index (χ4n) is 2.75. The van der Waals surface area contributed by atoms with Gasteiger partial charge in [0.15, 0.2) is 6.61 Å². The minimum Gasteiger partial charge on any atom is -0.452 e. The lowest BCUT2D eigenvalue weighted by atomic mass is 10.0. The molecule has 0 bridgehead atoms. The topological polar surface area (TPSA) is 90.2 Å². The Morgan fingerprint density at radius 2 is 2.08 bits per heavy atom. The molecule has 1 unspecified atom stereocenters. The fourth-order valence-corrected chi connectivity index (χ4v) is 2.75. The lowest BCUT2D eigenvalue weighted by molar-refractivity contribution is -0.136. The van der Waals surface area contributed by atoms with Crippen LogP contribution < -0.4 is 0 Å². The molecule has 1 aromatic heterocycles. The van der Waals surface area contributed by atoms with Crippen LogP contribution >= 0.6 is 0 Å². The number of piperidine rings is 1. The number of likely N-dealkylation sites (tertiary alicyclic amines) is 1. The fraction of sp³-hybridized carbons (Fsp3) is 0.438. The second-order valence-corrected chi connectivity index (χ2v) is 5.96. The summed E-state index contributed by atoms with van der Waals surface area (Å²) in [6.07, 6.45) is 3.60. The molecule has 0 radical (unpaired) electrons. The van der Waals surface area contributed by atoms with Crippen LogP contribution in [0.1, 0.15) is 30.1 Å². The third kappa shape index (κ3) is 3.76. The van der Waals surface area contributed by atoms with Gasteiger partial charge in [0.25, 0.3) is 5.91 Å². The summed E-state index contributed by atoms with van der Waals surface area (Å²) >= 11 is 0. The molecule has 8 heteroatoms. The molecule has 1 aromatic carbocycles. The monoisotopic (exact) mass is 329 g/mol. The normalized spacial score (nSPS) is 17.5. The molecule has 0 N–H and O–H groups in total. The van der Waals surface area contributed by atoms with E-state index in [0.29, 0.717) is 11.5 Å². The molecule has 8 nitrogen and oxygen atoms in total. The average Bonchev–Trinajstić information content (AvgIpc) is 3.14. The van der Waals surface area contributed by atoms with Gasteiger partial charge in [0.1, 0.15) is 6.33 Å². The molecule has 1 saturated heterocycles. The van der Waals surface area contributed by atoms with Crippen molar-refractivity contribution in [1.29, 1.82) is 0 Å². The Morgan fingerprint density at radius 1 is 1.29 bits per heavy atom. The third-order valence-electron chi connectivity index (χ3n) is 4.05. The number of aromatic nitrogens is 4. The van der Waals surface area contributed by atoms with Crippen LogP contribution in [0.4, 0.5) is 0 Å². The van der Waals surface area contributed by atoms with Crippen molar-refractivity contribution in [1.82, 2.24) is 25.1 Å². The van der Waals surface area contributed by atoms with Crippen LogP contribution in [0.15, 0.2) is 30.6 Å². The Balaban J connectivity index is 1.54. The molecule has 2 aromatic rings. The number of ether oxygens (including phenoxy) is 1. The second-order valence-electron chi connectivity index (χ2n) is 5.96. The maximum Gasteiger partial charge on any atom is 0.338 e. The Labute approximate surface area is 139 Å². The molecule has 126 valence electrons. The van der Waals surface area contributed by atoms with E-state index in [4.69, 9.17) is 4.74 Å². The first-order chi connectivity index (χ1) is 11.6. The summed E-state index contributed by atoms with van der Waals surface area (Å²) in [5.41, 5.74) is 1.11. The smallest absolute Gasteiger partial charge is 0.338 e. The van der Waals surface area contributed by atoms with Gasteiger partial charge in [-0.2, -0.15) is 0 Å². The highest BCUT2D eigenvalue weighted by Crippen LogP contribution is 2.15. The lowest BCUT2D eigenvalue weighted by Crippen LogP contribution is -2.41. The quantitative estimate of drug-likeness (QED) is 0.780. The van der Waals surface area contributed by atoms with Crippen LogP contribution in [0.2, 0.25) is 0 Å². The van der Waals surface area contributed by atoms with E-state index in [1.54, 1.807) is 29.2 Å². The van der Waals surface area contributed by atoms with Gasteiger partial charge in [-0.25, -0.2) is 9.48 Å². The molecule has 1 fully saturated rings. The van der Waals surface area contributed by atoms with E-state index in [1.807, 2.05) is 0 Å². The number of hydrogen-bond donors (Lipinski definition) is 0. The van der Waals surface area contributed by atoms with E-state index >= 15 is 0 Å². The van der Waals surface area contributed by atoms with Gasteiger partial charge in [0.2, 0.25) is 0 Å². The van der Waals surface area contributed by atoms with Crippen molar-refractivity contribution in [3.63, 3.8) is 0 Å². The van der Waals surface area contributed by atoms with Crippen LogP contribution in [0.25, 0.3) is 5.69 Å². The first-order valence-corrected chi connectivity index (χ1v) is 7.92. The van der Waals surface area contributed by atoms with Gasteiger partial charge in [-0.15, -0.1) is 5.10 Å². The SMILES string of the molecule is CC1CCCN(C(=O)COC(=O)c2ccc(-n3cnnn3)cc2)C1. The molecule has 0 aliphatic carbocycles. The predicted molar refractivity (Wildman–Crippen MR) is 84.4 cm³/mol. The number of rotatable bonds is 4. The Bertz CT molecular complexity index is 699. The zero-order valence-corrected chi connectivity index (χ0v) is 13.5. The summed E-state index contributed by atoms with van der Waals surface area (Å²) in [5, 5.41) is 10.9. The van der Waals surface area contributed by atoms with Crippen molar-refractivity contribution < 1.29 is 14.3 Å². The second kappa shape index (κ2) is 7.20. The number of carbonyl (C=O) groups is 2. The van der Waals surface area contributed by atoms with Crippen molar-refractivity contribution in [2.24, 2.45) is 5.92 Å². The number of tetrazole rings is 1. The van der Waals surface area contributed by atoms with E-state index in [9.17, 15) is 9.59 Å². The third-order valence-corrected chi connectivity index (χ3v) is 4.05. The van der Waals surface area contributed by atoms with Gasteiger partial charge in [-0.05, 0) is 53.5 Å². The lowest BCUT2D eigenvalue weighted by Gasteiger charge is -2.30. The molecule has 1 aliphatic rings. The van der Waals surface area contributed by atoms with Crippen molar-refractivity contribution in [3.8, 4) is 5.69 Å². The molecule has 3 rings (SSSR count). The molecule has 0 saturated carbocycles. The number of hydrogen-bond acceptors (Lipinski definition) is 6. The van der Waals surface area contributed by atoms with Crippen LogP contribution in [0.3, 0.4) is 0 Å². The van der Waals surface area contributed by atoms with Gasteiger partial charge in [0.05, 0.1) is 11.3 Å². The van der Waals surface area contributed by atoms with Gasteiger partial charge < -0.3 is 9.64 Å². The standard InChI is InChI=1S/C16H19N5O3/c1-12-3-2-8-20(9-12)15(22)10-24-16(23)13-4-6-14(7-5-13)21-11-17-18-19-21/h4-7,11-12H,2-3,8-10H2,1H3. The summed E-state index contributed by atoms with van der Waals surface area (Å²) in [4.78, 5) is 25.9. The highest BCUT2D eigenvalue weighted by atomic mass is 16.5. The highest BCUT2D eigenvalue weighted by molar-refractivity contribution is 5.91. The maximum absolute atomic E-state index is 12.1. The van der Waals surface area contributed by atoms with Crippen molar-refractivity contribution in [2.75, 3.05) is 19.7 Å². The summed E-state index contributed by atoms with van der Waals surface area (Å²) in [6.45, 7) is 3.37. The molecule has 24 heavy (non-hydrogen) atoms. The number of carbonyl (C=O) groups excluding carboxylic acids is 2. The predicted octanol–water partition coefficient (Wildman–Crippen LogP) is 1.08. The summed E-state index contributed by atoms with van der Waals surface area (Å²) in [7, 11) is 0. The van der Waals surface area contributed by atoms with Gasteiger partial charge in [-0.3, -0.25) is 4.79 Å². The summed E-state index contributed by atoms with van der Waals surface area (Å²) < 4.78 is 6.61. The largest absolute Gasteiger partial charge is 0.452 e. The van der Waals surface area contributed by atoms with Gasteiger partial charge in [-0.1, -0.05) is 6.92 Å². The van der Waals surface area contributed by atoms with Gasteiger partial charge in [0, 0.05) is 13.1 Å². The molecule has 0 spiro atoms. The molecular weight excluding hydrogens is 310 g/mol. The number of esters is 1. The summed E-state index contributed by atoms with van der Waals surface area (Å²) in [6, 6.07) is 6.65.